The number of thioether (sulfide) groups is 1. The molecule has 0 bridgehead atoms. The molecule has 42 heavy (non-hydrogen) atoms. The number of fused-ring (bicyclic) bond motifs is 1. The van der Waals surface area contributed by atoms with Gasteiger partial charge in [0, 0.05) is 22.9 Å². The first kappa shape index (κ1) is 30.0. The highest BCUT2D eigenvalue weighted by Crippen LogP contribution is 2.43. The molecule has 0 aliphatic carbocycles. The Morgan fingerprint density at radius 3 is 2.48 bits per heavy atom. The van der Waals surface area contributed by atoms with Gasteiger partial charge in [-0.1, -0.05) is 67.2 Å². The summed E-state index contributed by atoms with van der Waals surface area (Å²) in [4.78, 5) is 28.4. The van der Waals surface area contributed by atoms with Crippen LogP contribution >= 0.6 is 23.1 Å². The van der Waals surface area contributed by atoms with E-state index in [1.165, 1.54) is 0 Å². The van der Waals surface area contributed by atoms with Gasteiger partial charge in [-0.25, -0.2) is 9.78 Å². The highest BCUT2D eigenvalue weighted by atomic mass is 32.2. The molecule has 220 valence electrons. The smallest absolute Gasteiger partial charge is 0.325 e. The molecule has 1 aromatic heterocycles. The number of para-hydroxylation sites is 1. The van der Waals surface area contributed by atoms with Gasteiger partial charge in [0.2, 0.25) is 0 Å². The van der Waals surface area contributed by atoms with Crippen molar-refractivity contribution in [3.05, 3.63) is 89.5 Å². The molecule has 0 unspecified atom stereocenters. The standard InChI is InChI=1S/C31H33N3O6S2/c1-3-38-27(36)16-32-30(37)33-23-14-12-22(13-15-23)29-39-25(18-41-31-34-24-6-4-5-7-26(24)42-31)19(2)28(40-29)21-10-8-20(17-35)9-11-21/h4-15,19,25,28-29,35H,3,16-18H2,1-2H3,(H2,32,33,37)/t19-,25+,28+,29+/m0/s1. The molecule has 3 N–H and O–H groups in total. The molecule has 0 spiro atoms. The average Bonchev–Trinajstić information content (AvgIpc) is 3.43. The Bertz CT molecular complexity index is 1460. The predicted octanol–water partition coefficient (Wildman–Crippen LogP) is 6.06. The molecule has 4 aromatic rings. The van der Waals surface area contributed by atoms with Gasteiger partial charge in [-0.2, -0.15) is 0 Å². The third-order valence-electron chi connectivity index (χ3n) is 6.91. The molecule has 9 nitrogen and oxygen atoms in total. The lowest BCUT2D eigenvalue weighted by Crippen LogP contribution is -2.38. The zero-order valence-corrected chi connectivity index (χ0v) is 25.0. The molecule has 4 atom stereocenters. The molecule has 1 saturated heterocycles. The maximum atomic E-state index is 12.2. The topological polar surface area (TPSA) is 119 Å². The van der Waals surface area contributed by atoms with Gasteiger partial charge in [-0.15, -0.1) is 11.3 Å². The number of aromatic nitrogens is 1. The summed E-state index contributed by atoms with van der Waals surface area (Å²) in [5.74, 6) is 0.249. The van der Waals surface area contributed by atoms with E-state index in [0.29, 0.717) is 11.4 Å². The largest absolute Gasteiger partial charge is 0.465 e. The van der Waals surface area contributed by atoms with Gasteiger partial charge in [-0.05, 0) is 42.3 Å². The number of aliphatic hydroxyl groups is 1. The van der Waals surface area contributed by atoms with Crippen molar-refractivity contribution < 1.29 is 28.9 Å². The summed E-state index contributed by atoms with van der Waals surface area (Å²) in [6, 6.07) is 22.7. The van der Waals surface area contributed by atoms with Gasteiger partial charge in [0.05, 0.1) is 35.6 Å². The van der Waals surface area contributed by atoms with Crippen LogP contribution in [0.25, 0.3) is 10.2 Å². The van der Waals surface area contributed by atoms with Crippen molar-refractivity contribution in [1.29, 1.82) is 0 Å². The van der Waals surface area contributed by atoms with Crippen LogP contribution in [0.5, 0.6) is 0 Å². The SMILES string of the molecule is CCOC(=O)CNC(=O)Nc1ccc([C@@H]2O[C@H](CSc3nc4ccccc4s3)[C@H](C)[C@H](c3ccc(CO)cc3)O2)cc1. The van der Waals surface area contributed by atoms with Gasteiger partial charge < -0.3 is 30.0 Å². The second-order valence-corrected chi connectivity index (χ2v) is 12.1. The minimum Gasteiger partial charge on any atom is -0.465 e. The fraction of sp³-hybridized carbons (Fsp3) is 0.323. The van der Waals surface area contributed by atoms with Gasteiger partial charge in [0.1, 0.15) is 6.54 Å². The third kappa shape index (κ3) is 7.47. The number of hydrogen-bond donors (Lipinski definition) is 3. The highest BCUT2D eigenvalue weighted by Gasteiger charge is 2.38. The van der Waals surface area contributed by atoms with Crippen LogP contribution in [-0.2, 0) is 25.6 Å². The number of thiazole rings is 1. The van der Waals surface area contributed by atoms with E-state index in [4.69, 9.17) is 19.2 Å². The second kappa shape index (κ2) is 14.1. The van der Waals surface area contributed by atoms with Gasteiger partial charge >= 0.3 is 12.0 Å². The van der Waals surface area contributed by atoms with E-state index in [2.05, 4.69) is 23.6 Å². The number of amides is 2. The Hall–Kier alpha value is -3.48. The number of benzene rings is 3. The number of anilines is 1. The Kier molecular flexibility index (Phi) is 10.1. The van der Waals surface area contributed by atoms with Crippen molar-refractivity contribution in [2.24, 2.45) is 5.92 Å². The molecule has 2 amide bonds. The number of carbonyl (C=O) groups is 2. The number of rotatable bonds is 10. The van der Waals surface area contributed by atoms with Crippen LogP contribution in [0.3, 0.4) is 0 Å². The summed E-state index contributed by atoms with van der Waals surface area (Å²) in [6.45, 7) is 3.86. The Morgan fingerprint density at radius 2 is 1.76 bits per heavy atom. The van der Waals surface area contributed by atoms with Gasteiger partial charge in [0.25, 0.3) is 0 Å². The monoisotopic (exact) mass is 607 g/mol. The molecule has 1 aliphatic rings. The molecule has 0 saturated carbocycles. The summed E-state index contributed by atoms with van der Waals surface area (Å²) >= 11 is 3.36. The van der Waals surface area contributed by atoms with E-state index in [-0.39, 0.29) is 37.9 Å². The van der Waals surface area contributed by atoms with Gasteiger partial charge in [-0.3, -0.25) is 4.79 Å². The molecule has 1 fully saturated rings. The fourth-order valence-corrected chi connectivity index (χ4v) is 6.90. The van der Waals surface area contributed by atoms with Crippen LogP contribution < -0.4 is 10.6 Å². The van der Waals surface area contributed by atoms with Crippen molar-refractivity contribution in [1.82, 2.24) is 10.3 Å². The van der Waals surface area contributed by atoms with Gasteiger partial charge in [0.15, 0.2) is 10.6 Å². The Balaban J connectivity index is 1.30. The molecule has 5 rings (SSSR count). The van der Waals surface area contributed by atoms with Crippen LogP contribution in [0.15, 0.2) is 77.1 Å². The number of hydrogen-bond acceptors (Lipinski definition) is 9. The van der Waals surface area contributed by atoms with Crippen molar-refractivity contribution in [3.63, 3.8) is 0 Å². The molecule has 11 heteroatoms. The Morgan fingerprint density at radius 1 is 1.02 bits per heavy atom. The molecule has 2 heterocycles. The van der Waals surface area contributed by atoms with Crippen LogP contribution in [0, 0.1) is 5.92 Å². The fourth-order valence-electron chi connectivity index (χ4n) is 4.64. The lowest BCUT2D eigenvalue weighted by molar-refractivity contribution is -0.268. The molecule has 1 aliphatic heterocycles. The van der Waals surface area contributed by atoms with E-state index < -0.39 is 18.3 Å². The zero-order chi connectivity index (χ0) is 29.5. The zero-order valence-electron chi connectivity index (χ0n) is 23.3. The summed E-state index contributed by atoms with van der Waals surface area (Å²) in [5.41, 5.74) is 4.22. The van der Waals surface area contributed by atoms with Crippen molar-refractivity contribution in [2.75, 3.05) is 24.2 Å². The number of nitrogens with one attached hydrogen (secondary N) is 2. The summed E-state index contributed by atoms with van der Waals surface area (Å²) < 4.78 is 20.0. The Labute approximate surface area is 252 Å². The lowest BCUT2D eigenvalue weighted by Gasteiger charge is -2.41. The molecule has 0 radical (unpaired) electrons. The number of urea groups is 1. The highest BCUT2D eigenvalue weighted by molar-refractivity contribution is 8.01. The van der Waals surface area contributed by atoms with E-state index in [0.717, 1.165) is 31.2 Å². The van der Waals surface area contributed by atoms with Crippen molar-refractivity contribution >= 4 is 51.0 Å². The minimum atomic E-state index is -0.628. The molecular formula is C31H33N3O6S2. The number of nitrogens with zero attached hydrogens (tertiary/aromatic N) is 1. The first-order chi connectivity index (χ1) is 20.4. The maximum absolute atomic E-state index is 12.2. The molecular weight excluding hydrogens is 574 g/mol. The van der Waals surface area contributed by atoms with Crippen LogP contribution in [0.2, 0.25) is 0 Å². The summed E-state index contributed by atoms with van der Waals surface area (Å²) in [6.07, 6.45) is -0.991. The van der Waals surface area contributed by atoms with Crippen LogP contribution in [-0.4, -0.2) is 47.1 Å². The van der Waals surface area contributed by atoms with Crippen LogP contribution in [0.1, 0.15) is 42.9 Å². The maximum Gasteiger partial charge on any atom is 0.325 e. The summed E-state index contributed by atoms with van der Waals surface area (Å²) in [5, 5.41) is 14.7. The predicted molar refractivity (Wildman–Crippen MR) is 163 cm³/mol. The number of aliphatic hydroxyl groups excluding tert-OH is 1. The van der Waals surface area contributed by atoms with E-state index in [1.807, 2.05) is 54.6 Å². The van der Waals surface area contributed by atoms with E-state index >= 15 is 0 Å². The minimum absolute atomic E-state index is 0.0181. The number of esters is 1. The second-order valence-electron chi connectivity index (χ2n) is 9.82. The summed E-state index contributed by atoms with van der Waals surface area (Å²) in [7, 11) is 0. The van der Waals surface area contributed by atoms with Crippen molar-refractivity contribution in [2.45, 2.75) is 43.3 Å². The number of carbonyl (C=O) groups excluding carboxylic acids is 2. The normalized spacial score (nSPS) is 20.3. The average molecular weight is 608 g/mol. The van der Waals surface area contributed by atoms with E-state index in [1.54, 1.807) is 42.2 Å². The lowest BCUT2D eigenvalue weighted by atomic mass is 9.91. The first-order valence-electron chi connectivity index (χ1n) is 13.7. The van der Waals surface area contributed by atoms with E-state index in [9.17, 15) is 14.7 Å². The third-order valence-corrected chi connectivity index (χ3v) is 9.18. The van der Waals surface area contributed by atoms with Crippen LogP contribution in [0.4, 0.5) is 10.5 Å². The quantitative estimate of drug-likeness (QED) is 0.147. The first-order valence-corrected chi connectivity index (χ1v) is 15.5. The van der Waals surface area contributed by atoms with Crippen molar-refractivity contribution in [3.8, 4) is 0 Å². The number of ether oxygens (including phenoxy) is 3. The molecule has 3 aromatic carbocycles.